The molecule has 3 nitrogen and oxygen atoms in total. The summed E-state index contributed by atoms with van der Waals surface area (Å²) < 4.78 is 2.23. The van der Waals surface area contributed by atoms with Crippen molar-refractivity contribution < 1.29 is 0 Å². The number of nitrogens with zero attached hydrogens (tertiary/aromatic N) is 2. The lowest BCUT2D eigenvalue weighted by atomic mass is 10.1. The molecule has 3 heteroatoms. The van der Waals surface area contributed by atoms with Crippen LogP contribution in [0.3, 0.4) is 0 Å². The topological polar surface area (TPSA) is 43.8 Å². The lowest BCUT2D eigenvalue weighted by molar-refractivity contribution is 0.637. The van der Waals surface area contributed by atoms with Gasteiger partial charge in [-0.05, 0) is 30.7 Å². The molecule has 0 atom stereocenters. The van der Waals surface area contributed by atoms with E-state index in [1.807, 2.05) is 6.07 Å². The van der Waals surface area contributed by atoms with Crippen molar-refractivity contribution in [3.63, 3.8) is 0 Å². The van der Waals surface area contributed by atoms with Crippen molar-refractivity contribution in [2.24, 2.45) is 5.92 Å². The van der Waals surface area contributed by atoms with E-state index in [4.69, 9.17) is 10.7 Å². The third kappa shape index (κ3) is 2.72. The molecule has 1 aliphatic rings. The predicted molar refractivity (Wildman–Crippen MR) is 82.7 cm³/mol. The summed E-state index contributed by atoms with van der Waals surface area (Å²) in [5, 5.41) is 0. The molecule has 0 radical (unpaired) electrons. The third-order valence-corrected chi connectivity index (χ3v) is 3.84. The Kier molecular flexibility index (Phi) is 3.51. The average Bonchev–Trinajstić information content (AvgIpc) is 3.22. The van der Waals surface area contributed by atoms with E-state index < -0.39 is 0 Å². The van der Waals surface area contributed by atoms with Crippen LogP contribution in [0, 0.1) is 5.92 Å². The SMILES string of the molecule is CC(C)Cc1nc(C2CC2)n(Cc2ccccc2)c1N. The molecule has 1 aromatic carbocycles. The van der Waals surface area contributed by atoms with Gasteiger partial charge in [0.1, 0.15) is 11.6 Å². The first-order valence-corrected chi connectivity index (χ1v) is 7.54. The van der Waals surface area contributed by atoms with Gasteiger partial charge in [0, 0.05) is 5.92 Å². The highest BCUT2D eigenvalue weighted by Gasteiger charge is 2.30. The molecule has 20 heavy (non-hydrogen) atoms. The van der Waals surface area contributed by atoms with E-state index in [1.165, 1.54) is 24.2 Å². The minimum atomic E-state index is 0.587. The van der Waals surface area contributed by atoms with Gasteiger partial charge in [-0.1, -0.05) is 44.2 Å². The zero-order chi connectivity index (χ0) is 14.1. The molecule has 1 aliphatic carbocycles. The van der Waals surface area contributed by atoms with E-state index in [2.05, 4.69) is 42.7 Å². The lowest BCUT2D eigenvalue weighted by Crippen LogP contribution is -2.08. The molecular formula is C17H23N3. The minimum absolute atomic E-state index is 0.587. The van der Waals surface area contributed by atoms with Gasteiger partial charge in [-0.3, -0.25) is 0 Å². The summed E-state index contributed by atoms with van der Waals surface area (Å²) in [5.74, 6) is 3.28. The second-order valence-electron chi connectivity index (χ2n) is 6.25. The van der Waals surface area contributed by atoms with E-state index in [0.29, 0.717) is 11.8 Å². The minimum Gasteiger partial charge on any atom is -0.384 e. The molecule has 0 saturated heterocycles. The Balaban J connectivity index is 1.93. The maximum Gasteiger partial charge on any atom is 0.127 e. The smallest absolute Gasteiger partial charge is 0.127 e. The van der Waals surface area contributed by atoms with Gasteiger partial charge < -0.3 is 10.3 Å². The Morgan fingerprint density at radius 1 is 1.25 bits per heavy atom. The van der Waals surface area contributed by atoms with Crippen LogP contribution >= 0.6 is 0 Å². The van der Waals surface area contributed by atoms with Gasteiger partial charge in [-0.2, -0.15) is 0 Å². The van der Waals surface area contributed by atoms with Crippen molar-refractivity contribution in [3.05, 3.63) is 47.4 Å². The first-order valence-electron chi connectivity index (χ1n) is 7.54. The predicted octanol–water partition coefficient (Wildman–Crippen LogP) is 3.59. The number of hydrogen-bond donors (Lipinski definition) is 1. The lowest BCUT2D eigenvalue weighted by Gasteiger charge is -2.10. The van der Waals surface area contributed by atoms with E-state index in [0.717, 1.165) is 24.5 Å². The van der Waals surface area contributed by atoms with Gasteiger partial charge in [0.25, 0.3) is 0 Å². The third-order valence-electron chi connectivity index (χ3n) is 3.84. The van der Waals surface area contributed by atoms with Gasteiger partial charge in [0.2, 0.25) is 0 Å². The molecule has 0 amide bonds. The quantitative estimate of drug-likeness (QED) is 0.901. The second kappa shape index (κ2) is 5.31. The molecule has 0 unspecified atom stereocenters. The normalized spacial score (nSPS) is 14.9. The van der Waals surface area contributed by atoms with Crippen LogP contribution in [-0.4, -0.2) is 9.55 Å². The van der Waals surface area contributed by atoms with E-state index in [1.54, 1.807) is 0 Å². The summed E-state index contributed by atoms with van der Waals surface area (Å²) in [5.41, 5.74) is 8.73. The van der Waals surface area contributed by atoms with Gasteiger partial charge in [0.05, 0.1) is 12.2 Å². The van der Waals surface area contributed by atoms with E-state index in [-0.39, 0.29) is 0 Å². The van der Waals surface area contributed by atoms with Crippen LogP contribution in [0.4, 0.5) is 5.82 Å². The van der Waals surface area contributed by atoms with Gasteiger partial charge in [0.15, 0.2) is 0 Å². The van der Waals surface area contributed by atoms with Crippen LogP contribution in [0.25, 0.3) is 0 Å². The molecule has 2 aromatic rings. The summed E-state index contributed by atoms with van der Waals surface area (Å²) in [7, 11) is 0. The summed E-state index contributed by atoms with van der Waals surface area (Å²) >= 11 is 0. The molecule has 1 fully saturated rings. The van der Waals surface area contributed by atoms with Crippen LogP contribution in [0.1, 0.15) is 49.7 Å². The molecule has 2 N–H and O–H groups in total. The van der Waals surface area contributed by atoms with Crippen molar-refractivity contribution in [2.75, 3.05) is 5.73 Å². The Bertz CT molecular complexity index is 580. The zero-order valence-corrected chi connectivity index (χ0v) is 12.3. The van der Waals surface area contributed by atoms with Crippen LogP contribution < -0.4 is 5.73 Å². The largest absolute Gasteiger partial charge is 0.384 e. The molecule has 0 spiro atoms. The van der Waals surface area contributed by atoms with Crippen molar-refractivity contribution in [1.29, 1.82) is 0 Å². The van der Waals surface area contributed by atoms with Gasteiger partial charge in [-0.15, -0.1) is 0 Å². The Morgan fingerprint density at radius 2 is 1.95 bits per heavy atom. The monoisotopic (exact) mass is 269 g/mol. The van der Waals surface area contributed by atoms with E-state index >= 15 is 0 Å². The highest BCUT2D eigenvalue weighted by Crippen LogP contribution is 2.41. The number of nitrogens with two attached hydrogens (primary N) is 1. The first kappa shape index (κ1) is 13.2. The highest BCUT2D eigenvalue weighted by molar-refractivity contribution is 5.41. The number of anilines is 1. The molecule has 1 heterocycles. The summed E-state index contributed by atoms with van der Waals surface area (Å²) in [6, 6.07) is 10.5. The van der Waals surface area contributed by atoms with Crippen LogP contribution in [0.15, 0.2) is 30.3 Å². The number of aromatic nitrogens is 2. The van der Waals surface area contributed by atoms with Crippen molar-refractivity contribution >= 4 is 5.82 Å². The van der Waals surface area contributed by atoms with Crippen molar-refractivity contribution in [3.8, 4) is 0 Å². The summed E-state index contributed by atoms with van der Waals surface area (Å²) in [6.07, 6.45) is 3.48. The molecule has 3 rings (SSSR count). The van der Waals surface area contributed by atoms with Crippen molar-refractivity contribution in [2.45, 2.75) is 45.6 Å². The molecular weight excluding hydrogens is 246 g/mol. The number of hydrogen-bond acceptors (Lipinski definition) is 2. The average molecular weight is 269 g/mol. The molecule has 106 valence electrons. The molecule has 1 aromatic heterocycles. The van der Waals surface area contributed by atoms with Gasteiger partial charge >= 0.3 is 0 Å². The maximum atomic E-state index is 6.37. The highest BCUT2D eigenvalue weighted by atomic mass is 15.1. The molecule has 0 bridgehead atoms. The number of nitrogen functional groups attached to an aromatic ring is 1. The van der Waals surface area contributed by atoms with E-state index in [9.17, 15) is 0 Å². The first-order chi connectivity index (χ1) is 9.65. The second-order valence-corrected chi connectivity index (χ2v) is 6.25. The standard InChI is InChI=1S/C17H23N3/c1-12(2)10-15-16(18)20(17(19-15)14-8-9-14)11-13-6-4-3-5-7-13/h3-7,12,14H,8-11,18H2,1-2H3. The number of imidazole rings is 1. The Hall–Kier alpha value is -1.77. The molecule has 0 aliphatic heterocycles. The fraction of sp³-hybridized carbons (Fsp3) is 0.471. The maximum absolute atomic E-state index is 6.37. The zero-order valence-electron chi connectivity index (χ0n) is 12.3. The van der Waals surface area contributed by atoms with Crippen LogP contribution in [0.2, 0.25) is 0 Å². The van der Waals surface area contributed by atoms with Crippen molar-refractivity contribution in [1.82, 2.24) is 9.55 Å². The number of rotatable bonds is 5. The summed E-state index contributed by atoms with van der Waals surface area (Å²) in [4.78, 5) is 4.85. The van der Waals surface area contributed by atoms with Crippen LogP contribution in [0.5, 0.6) is 0 Å². The fourth-order valence-electron chi connectivity index (χ4n) is 2.66. The summed E-state index contributed by atoms with van der Waals surface area (Å²) in [6.45, 7) is 5.27. The van der Waals surface area contributed by atoms with Gasteiger partial charge in [-0.25, -0.2) is 4.98 Å². The number of benzene rings is 1. The van der Waals surface area contributed by atoms with Crippen LogP contribution in [-0.2, 0) is 13.0 Å². The fourth-order valence-corrected chi connectivity index (χ4v) is 2.66. The Labute approximate surface area is 120 Å². The molecule has 1 saturated carbocycles. The Morgan fingerprint density at radius 3 is 2.55 bits per heavy atom.